The summed E-state index contributed by atoms with van der Waals surface area (Å²) < 4.78 is 6.00. The van der Waals surface area contributed by atoms with Gasteiger partial charge in [-0.15, -0.1) is 0 Å². The Labute approximate surface area is 344 Å². The quantitative estimate of drug-likeness (QED) is 0.0323. The third kappa shape index (κ3) is 39.3. The number of unbranched alkanes of at least 4 members (excludes halogenated alkanes) is 18. The number of amides is 1. The van der Waals surface area contributed by atoms with E-state index in [2.05, 4.69) is 67.8 Å². The largest absolute Gasteiger partial charge is 0.480 e. The van der Waals surface area contributed by atoms with Gasteiger partial charge in [0.15, 0.2) is 0 Å². The number of ether oxygens (including phenoxy) is 1. The molecule has 322 valence electrons. The molecule has 0 aliphatic rings. The first-order chi connectivity index (χ1) is 27.4. The van der Waals surface area contributed by atoms with Crippen molar-refractivity contribution in [2.45, 2.75) is 225 Å². The van der Waals surface area contributed by atoms with E-state index in [1.807, 2.05) is 12.2 Å². The summed E-state index contributed by atoms with van der Waals surface area (Å²) in [6.07, 6.45) is 54.2. The van der Waals surface area contributed by atoms with Crippen molar-refractivity contribution in [3.05, 3.63) is 60.8 Å². The van der Waals surface area contributed by atoms with E-state index in [0.717, 1.165) is 83.5 Å². The zero-order valence-electron chi connectivity index (χ0n) is 36.2. The number of nitrogens with one attached hydrogen (secondary N) is 1. The number of carbonyl (C=O) groups excluding carboxylic acids is 2. The first kappa shape index (κ1) is 53.1. The van der Waals surface area contributed by atoms with Crippen LogP contribution < -0.4 is 11.1 Å². The molecule has 0 rings (SSSR count). The summed E-state index contributed by atoms with van der Waals surface area (Å²) in [6.45, 7) is 4.83. The van der Waals surface area contributed by atoms with E-state index in [9.17, 15) is 19.5 Å². The highest BCUT2D eigenvalue weighted by atomic mass is 16.5. The van der Waals surface area contributed by atoms with E-state index >= 15 is 0 Å². The maximum Gasteiger partial charge on any atom is 0.326 e. The Morgan fingerprint density at radius 2 is 0.946 bits per heavy atom. The van der Waals surface area contributed by atoms with Crippen LogP contribution >= 0.6 is 0 Å². The van der Waals surface area contributed by atoms with Crippen LogP contribution in [-0.4, -0.2) is 41.6 Å². The van der Waals surface area contributed by atoms with Crippen LogP contribution in [0.1, 0.15) is 213 Å². The molecule has 0 heterocycles. The molecule has 0 aromatic carbocycles. The Morgan fingerprint density at radius 1 is 0.536 bits per heavy atom. The summed E-state index contributed by atoms with van der Waals surface area (Å²) >= 11 is 0. The van der Waals surface area contributed by atoms with Gasteiger partial charge < -0.3 is 20.9 Å². The van der Waals surface area contributed by atoms with Gasteiger partial charge in [-0.25, -0.2) is 4.79 Å². The second kappa shape index (κ2) is 43.2. The molecular formula is C49H86N2O5. The van der Waals surface area contributed by atoms with Crippen LogP contribution in [0.15, 0.2) is 60.8 Å². The molecule has 4 N–H and O–H groups in total. The lowest BCUT2D eigenvalue weighted by molar-refractivity contribution is -0.148. The van der Waals surface area contributed by atoms with Crippen LogP contribution in [0.25, 0.3) is 0 Å². The van der Waals surface area contributed by atoms with Gasteiger partial charge in [-0.2, -0.15) is 0 Å². The molecule has 0 aromatic heterocycles. The van der Waals surface area contributed by atoms with Crippen molar-refractivity contribution in [3.63, 3.8) is 0 Å². The predicted octanol–water partition coefficient (Wildman–Crippen LogP) is 13.3. The van der Waals surface area contributed by atoms with E-state index in [-0.39, 0.29) is 18.0 Å². The average molecular weight is 783 g/mol. The molecule has 0 spiro atoms. The fourth-order valence-corrected chi connectivity index (χ4v) is 6.70. The highest BCUT2D eigenvalue weighted by molar-refractivity contribution is 5.83. The molecule has 0 aliphatic heterocycles. The first-order valence-electron chi connectivity index (χ1n) is 23.1. The van der Waals surface area contributed by atoms with Crippen molar-refractivity contribution in [2.75, 3.05) is 6.54 Å². The molecule has 0 saturated carbocycles. The molecular weight excluding hydrogens is 697 g/mol. The predicted molar refractivity (Wildman–Crippen MR) is 239 cm³/mol. The van der Waals surface area contributed by atoms with Gasteiger partial charge in [-0.3, -0.25) is 9.59 Å². The molecule has 0 bridgehead atoms. The van der Waals surface area contributed by atoms with Crippen molar-refractivity contribution in [1.82, 2.24) is 5.32 Å². The van der Waals surface area contributed by atoms with Gasteiger partial charge in [0.1, 0.15) is 12.1 Å². The Bertz CT molecular complexity index is 1060. The topological polar surface area (TPSA) is 119 Å². The molecule has 0 radical (unpaired) electrons. The Balaban J connectivity index is 4.46. The van der Waals surface area contributed by atoms with Crippen molar-refractivity contribution in [1.29, 1.82) is 0 Å². The molecule has 0 fully saturated rings. The Hall–Kier alpha value is -2.93. The zero-order chi connectivity index (χ0) is 41.0. The van der Waals surface area contributed by atoms with Crippen LogP contribution in [0.3, 0.4) is 0 Å². The molecule has 0 aromatic rings. The van der Waals surface area contributed by atoms with Crippen molar-refractivity contribution < 1.29 is 24.2 Å². The minimum absolute atomic E-state index is 0.0422. The molecule has 2 unspecified atom stereocenters. The number of carboxylic acids is 1. The molecule has 56 heavy (non-hydrogen) atoms. The number of hydrogen-bond donors (Lipinski definition) is 3. The number of allylic oxidation sites excluding steroid dienone is 9. The lowest BCUT2D eigenvalue weighted by Crippen LogP contribution is -2.40. The van der Waals surface area contributed by atoms with E-state index in [4.69, 9.17) is 10.5 Å². The summed E-state index contributed by atoms with van der Waals surface area (Å²) in [7, 11) is 0. The van der Waals surface area contributed by atoms with Crippen molar-refractivity contribution >= 4 is 17.8 Å². The third-order valence-corrected chi connectivity index (χ3v) is 10.1. The smallest absolute Gasteiger partial charge is 0.326 e. The van der Waals surface area contributed by atoms with Gasteiger partial charge in [0.05, 0.1) is 6.42 Å². The van der Waals surface area contributed by atoms with E-state index < -0.39 is 12.0 Å². The molecule has 1 amide bonds. The standard InChI is InChI=1S/C49H86N2O5/c1-3-5-7-9-11-13-15-17-19-21-23-25-27-30-34-39-45(40-35-31-29-32-36-42-47(52)51-46(49(54)55)41-38-44-50)56-48(53)43-37-33-28-26-24-22-20-18-16-14-12-10-8-6-4-2/h6,8,12,14,18,20,24,26,33,37,45-46H,3-5,7,9-11,13,15-17,19,21-23,25,27-32,34-36,38-44,50H2,1-2H3,(H,51,52)(H,54,55)/b8-6-,14-12-,20-18-,26-24-,37-33-. The minimum Gasteiger partial charge on any atom is -0.480 e. The van der Waals surface area contributed by atoms with Crippen LogP contribution in [0.4, 0.5) is 0 Å². The lowest BCUT2D eigenvalue weighted by Gasteiger charge is -2.18. The van der Waals surface area contributed by atoms with E-state index in [1.165, 1.54) is 89.9 Å². The number of hydrogen-bond acceptors (Lipinski definition) is 5. The van der Waals surface area contributed by atoms with Gasteiger partial charge in [0.25, 0.3) is 0 Å². The second-order valence-corrected chi connectivity index (χ2v) is 15.5. The molecule has 0 aliphatic carbocycles. The number of carboxylic acid groups (broad SMARTS) is 1. The van der Waals surface area contributed by atoms with Gasteiger partial charge in [-0.1, -0.05) is 184 Å². The highest BCUT2D eigenvalue weighted by Gasteiger charge is 2.19. The van der Waals surface area contributed by atoms with Gasteiger partial charge in [0, 0.05) is 6.42 Å². The number of nitrogens with two attached hydrogens (primary N) is 1. The molecule has 0 saturated heterocycles. The fourth-order valence-electron chi connectivity index (χ4n) is 6.70. The van der Waals surface area contributed by atoms with Crippen molar-refractivity contribution in [2.24, 2.45) is 5.73 Å². The SMILES string of the molecule is CC/C=C\C/C=C\C/C=C\C/C=C\C/C=C\CC(=O)OC(CCCCCCCCCCCCCCCCC)CCCCCCCC(=O)NC(CCCN)C(=O)O. The van der Waals surface area contributed by atoms with Gasteiger partial charge in [-0.05, 0) is 83.6 Å². The zero-order valence-corrected chi connectivity index (χ0v) is 36.2. The summed E-state index contributed by atoms with van der Waals surface area (Å²) in [6, 6.07) is -0.865. The van der Waals surface area contributed by atoms with E-state index in [1.54, 1.807) is 0 Å². The monoisotopic (exact) mass is 783 g/mol. The lowest BCUT2D eigenvalue weighted by atomic mass is 10.0. The summed E-state index contributed by atoms with van der Waals surface area (Å²) in [5, 5.41) is 11.9. The highest BCUT2D eigenvalue weighted by Crippen LogP contribution is 2.19. The molecule has 2 atom stereocenters. The van der Waals surface area contributed by atoms with Crippen LogP contribution in [0.2, 0.25) is 0 Å². The number of esters is 1. The fraction of sp³-hybridized carbons (Fsp3) is 0.735. The maximum atomic E-state index is 12.8. The summed E-state index contributed by atoms with van der Waals surface area (Å²) in [5.41, 5.74) is 5.49. The Morgan fingerprint density at radius 3 is 1.38 bits per heavy atom. The first-order valence-corrected chi connectivity index (χ1v) is 23.1. The Kier molecular flexibility index (Phi) is 40.9. The number of aliphatic carboxylic acids is 1. The molecule has 7 heteroatoms. The maximum absolute atomic E-state index is 12.8. The van der Waals surface area contributed by atoms with Gasteiger partial charge in [0.2, 0.25) is 5.91 Å². The minimum atomic E-state index is -1.01. The van der Waals surface area contributed by atoms with E-state index in [0.29, 0.717) is 32.2 Å². The number of rotatable bonds is 41. The summed E-state index contributed by atoms with van der Waals surface area (Å²) in [4.78, 5) is 36.4. The van der Waals surface area contributed by atoms with Crippen LogP contribution in [0, 0.1) is 0 Å². The molecule has 7 nitrogen and oxygen atoms in total. The normalized spacial score (nSPS) is 13.2. The third-order valence-electron chi connectivity index (χ3n) is 10.1. The van der Waals surface area contributed by atoms with Crippen LogP contribution in [0.5, 0.6) is 0 Å². The number of carbonyl (C=O) groups is 3. The van der Waals surface area contributed by atoms with Gasteiger partial charge >= 0.3 is 11.9 Å². The van der Waals surface area contributed by atoms with Crippen molar-refractivity contribution in [3.8, 4) is 0 Å². The average Bonchev–Trinajstić information content (AvgIpc) is 3.18. The van der Waals surface area contributed by atoms with Crippen LogP contribution in [-0.2, 0) is 19.1 Å². The summed E-state index contributed by atoms with van der Waals surface area (Å²) in [5.74, 6) is -1.36. The second-order valence-electron chi connectivity index (χ2n) is 15.5.